The molecular weight excluding hydrogens is 838 g/mol. The minimum Gasteiger partial charge on any atom is -0.506 e. The summed E-state index contributed by atoms with van der Waals surface area (Å²) in [5.74, 6) is 0.674. The first-order chi connectivity index (χ1) is 29.9. The number of fused-ring (bicyclic) bond motifs is 2. The summed E-state index contributed by atoms with van der Waals surface area (Å²) in [6.07, 6.45) is 0.871. The summed E-state index contributed by atoms with van der Waals surface area (Å²) in [6, 6.07) is 22.7. The number of phenols is 2. The molecule has 0 radical (unpaired) electrons. The van der Waals surface area contributed by atoms with Gasteiger partial charge in [-0.25, -0.2) is 4.79 Å². The lowest BCUT2D eigenvalue weighted by Crippen LogP contribution is -2.48. The van der Waals surface area contributed by atoms with E-state index >= 15 is 0 Å². The van der Waals surface area contributed by atoms with Crippen molar-refractivity contribution in [1.29, 1.82) is 0 Å². The number of hydrogen-bond donors (Lipinski definition) is 5. The standard InChI is InChI=1S/C48H58ClN5O8Si/c1-48(2,3)63(5,6)62-43(35-12-15-41(56)46-36(35)13-16-44(57)51-46)29-50-28-32-25-31-17-24-53(39(31)27-42(32)61-4)45(58)20-23-52-21-18-33(19-22-52)54(47(59)60)38-10-8-7-9-34(38)30-11-14-40(55)37(49)26-30/h7-16,25-27,33,43,50,55-56H,17-24,28-29H2,1-6H3,(H,51,57)(H,59,60)/t43-/m0/s1. The number of para-hydroxylation sites is 1. The van der Waals surface area contributed by atoms with E-state index in [1.807, 2.05) is 35.2 Å². The molecular formula is C48H58ClN5O8Si. The predicted octanol–water partition coefficient (Wildman–Crippen LogP) is 9.05. The molecule has 13 nitrogen and oxygen atoms in total. The molecule has 3 heterocycles. The number of hydrogen-bond acceptors (Lipinski definition) is 9. The molecule has 63 heavy (non-hydrogen) atoms. The fourth-order valence-electron chi connectivity index (χ4n) is 8.53. The van der Waals surface area contributed by atoms with Gasteiger partial charge in [0.05, 0.1) is 35.1 Å². The number of halogens is 1. The SMILES string of the molecule is COc1cc2c(cc1CNC[C@H](O[Si](C)(C)C(C)(C)C)c1ccc(O)c3[nH]c(=O)ccc13)CCN2C(=O)CCN1CCC(N(C(=O)O)c2ccccc2-c2ccc(O)c(Cl)c2)CC1. The van der Waals surface area contributed by atoms with Gasteiger partial charge in [-0.15, -0.1) is 0 Å². The van der Waals surface area contributed by atoms with E-state index in [4.69, 9.17) is 20.8 Å². The second kappa shape index (κ2) is 18.8. The van der Waals surface area contributed by atoms with Crippen LogP contribution in [0.4, 0.5) is 16.2 Å². The van der Waals surface area contributed by atoms with Gasteiger partial charge in [0.2, 0.25) is 11.5 Å². The van der Waals surface area contributed by atoms with Crippen molar-refractivity contribution in [3.05, 3.63) is 111 Å². The molecule has 1 atom stereocenters. The fraction of sp³-hybridized carbons (Fsp3) is 0.396. The van der Waals surface area contributed by atoms with Crippen LogP contribution in [-0.4, -0.2) is 91.4 Å². The minimum absolute atomic E-state index is 0.00324. The summed E-state index contributed by atoms with van der Waals surface area (Å²) < 4.78 is 12.9. The second-order valence-electron chi connectivity index (χ2n) is 18.0. The highest BCUT2D eigenvalue weighted by molar-refractivity contribution is 6.74. The number of benzene rings is 4. The van der Waals surface area contributed by atoms with Crippen LogP contribution < -0.4 is 25.4 Å². The van der Waals surface area contributed by atoms with Gasteiger partial charge in [-0.3, -0.25) is 14.5 Å². The maximum absolute atomic E-state index is 13.8. The number of carbonyl (C=O) groups is 2. The van der Waals surface area contributed by atoms with Gasteiger partial charge >= 0.3 is 6.09 Å². The van der Waals surface area contributed by atoms with Crippen LogP contribution in [0, 0.1) is 0 Å². The third-order valence-corrected chi connectivity index (χ3v) is 17.8. The highest BCUT2D eigenvalue weighted by atomic mass is 35.5. The third kappa shape index (κ3) is 9.90. The average Bonchev–Trinajstić information content (AvgIpc) is 3.66. The Morgan fingerprint density at radius 2 is 1.71 bits per heavy atom. The number of phenolic OH excluding ortho intramolecular Hbond substituents is 2. The van der Waals surface area contributed by atoms with Gasteiger partial charge in [-0.2, -0.15) is 0 Å². The lowest BCUT2D eigenvalue weighted by atomic mass is 9.98. The number of likely N-dealkylation sites (tertiary alicyclic amines) is 1. The molecule has 0 spiro atoms. The first-order valence-electron chi connectivity index (χ1n) is 21.5. The Morgan fingerprint density at radius 3 is 2.41 bits per heavy atom. The van der Waals surface area contributed by atoms with Crippen LogP contribution in [0.5, 0.6) is 17.2 Å². The molecule has 334 valence electrons. The lowest BCUT2D eigenvalue weighted by molar-refractivity contribution is -0.118. The van der Waals surface area contributed by atoms with Crippen LogP contribution in [0.1, 0.15) is 62.8 Å². The van der Waals surface area contributed by atoms with E-state index in [9.17, 15) is 29.7 Å². The van der Waals surface area contributed by atoms with E-state index in [0.717, 1.165) is 34.2 Å². The van der Waals surface area contributed by atoms with E-state index in [2.05, 4.69) is 55.1 Å². The van der Waals surface area contributed by atoms with E-state index < -0.39 is 14.4 Å². The van der Waals surface area contributed by atoms with E-state index in [1.54, 1.807) is 37.4 Å². The van der Waals surface area contributed by atoms with Crippen LogP contribution in [0.15, 0.2) is 83.7 Å². The first kappa shape index (κ1) is 45.6. The number of nitrogens with one attached hydrogen (secondary N) is 2. The Kier molecular flexibility index (Phi) is 13.6. The van der Waals surface area contributed by atoms with Crippen molar-refractivity contribution in [2.45, 2.75) is 83.3 Å². The number of H-pyrrole nitrogens is 1. The zero-order chi connectivity index (χ0) is 45.2. The van der Waals surface area contributed by atoms with Gasteiger partial charge in [0.1, 0.15) is 17.2 Å². The van der Waals surface area contributed by atoms with Crippen LogP contribution in [0.25, 0.3) is 22.0 Å². The molecule has 5 aromatic rings. The number of amides is 2. The van der Waals surface area contributed by atoms with Gasteiger partial charge in [-0.1, -0.05) is 62.7 Å². The molecule has 15 heteroatoms. The van der Waals surface area contributed by atoms with Crippen LogP contribution >= 0.6 is 11.6 Å². The van der Waals surface area contributed by atoms with Crippen molar-refractivity contribution in [3.63, 3.8) is 0 Å². The van der Waals surface area contributed by atoms with Gasteiger partial charge in [0.15, 0.2) is 8.32 Å². The average molecular weight is 897 g/mol. The number of piperidine rings is 1. The van der Waals surface area contributed by atoms with Crippen molar-refractivity contribution in [2.75, 3.05) is 49.6 Å². The molecule has 4 aromatic carbocycles. The van der Waals surface area contributed by atoms with Crippen molar-refractivity contribution in [1.82, 2.24) is 15.2 Å². The molecule has 0 aliphatic carbocycles. The summed E-state index contributed by atoms with van der Waals surface area (Å²) >= 11 is 6.21. The van der Waals surface area contributed by atoms with Crippen LogP contribution in [-0.2, 0) is 22.2 Å². The second-order valence-corrected chi connectivity index (χ2v) is 23.2. The van der Waals surface area contributed by atoms with E-state index in [0.29, 0.717) is 86.6 Å². The number of methoxy groups -OCH3 is 1. The maximum atomic E-state index is 13.8. The number of ether oxygens (including phenoxy) is 1. The number of pyridine rings is 1. The summed E-state index contributed by atoms with van der Waals surface area (Å²) in [6.45, 7) is 14.4. The molecule has 1 fully saturated rings. The first-order valence-corrected chi connectivity index (χ1v) is 24.8. The molecule has 1 aromatic heterocycles. The molecule has 2 amide bonds. The molecule has 5 N–H and O–H groups in total. The number of carboxylic acid groups (broad SMARTS) is 1. The quantitative estimate of drug-likeness (QED) is 0.0679. The lowest BCUT2D eigenvalue weighted by Gasteiger charge is -2.39. The highest BCUT2D eigenvalue weighted by Crippen LogP contribution is 2.42. The van der Waals surface area contributed by atoms with Gasteiger partial charge in [0, 0.05) is 80.4 Å². The highest BCUT2D eigenvalue weighted by Gasteiger charge is 2.40. The molecule has 1 saturated heterocycles. The number of aromatic amines is 1. The number of nitrogens with zero attached hydrogens (tertiary/aromatic N) is 3. The molecule has 7 rings (SSSR count). The topological polar surface area (TPSA) is 168 Å². The minimum atomic E-state index is -2.27. The number of aromatic hydroxyl groups is 2. The van der Waals surface area contributed by atoms with E-state index in [1.165, 1.54) is 17.0 Å². The monoisotopic (exact) mass is 895 g/mol. The zero-order valence-corrected chi connectivity index (χ0v) is 38.6. The number of aromatic nitrogens is 1. The smallest absolute Gasteiger partial charge is 0.412 e. The fourth-order valence-corrected chi connectivity index (χ4v) is 9.99. The zero-order valence-electron chi connectivity index (χ0n) is 36.8. The number of carbonyl (C=O) groups excluding carboxylic acids is 1. The Labute approximate surface area is 374 Å². The van der Waals surface area contributed by atoms with Crippen molar-refractivity contribution in [2.24, 2.45) is 0 Å². The number of rotatable bonds is 14. The molecule has 2 aliphatic rings. The van der Waals surface area contributed by atoms with Crippen molar-refractivity contribution >= 4 is 54.2 Å². The van der Waals surface area contributed by atoms with E-state index in [-0.39, 0.29) is 45.2 Å². The Bertz CT molecular complexity index is 2550. The normalized spacial score (nSPS) is 15.4. The van der Waals surface area contributed by atoms with Crippen molar-refractivity contribution < 1.29 is 34.1 Å². The largest absolute Gasteiger partial charge is 0.506 e. The molecule has 2 aliphatic heterocycles. The van der Waals surface area contributed by atoms with Crippen LogP contribution in [0.2, 0.25) is 23.2 Å². The van der Waals surface area contributed by atoms with Crippen LogP contribution in [0.3, 0.4) is 0 Å². The predicted molar refractivity (Wildman–Crippen MR) is 251 cm³/mol. The Balaban J connectivity index is 0.984. The van der Waals surface area contributed by atoms with Crippen molar-refractivity contribution in [3.8, 4) is 28.4 Å². The summed E-state index contributed by atoms with van der Waals surface area (Å²) in [5.41, 5.74) is 5.84. The third-order valence-electron chi connectivity index (χ3n) is 13.0. The molecule has 0 bridgehead atoms. The Hall–Kier alpha value is -5.38. The maximum Gasteiger partial charge on any atom is 0.412 e. The van der Waals surface area contributed by atoms with Gasteiger partial charge < -0.3 is 44.6 Å². The Morgan fingerprint density at radius 1 is 0.984 bits per heavy atom. The molecule has 0 saturated carbocycles. The summed E-state index contributed by atoms with van der Waals surface area (Å²) in [5, 5.41) is 35.5. The summed E-state index contributed by atoms with van der Waals surface area (Å²) in [7, 11) is -0.638. The molecule has 0 unspecified atom stereocenters. The van der Waals surface area contributed by atoms with Gasteiger partial charge in [0.25, 0.3) is 0 Å². The number of anilines is 2. The summed E-state index contributed by atoms with van der Waals surface area (Å²) in [4.78, 5) is 47.0. The van der Waals surface area contributed by atoms with Gasteiger partial charge in [-0.05, 0) is 90.5 Å².